The molecule has 4 nitrogen and oxygen atoms in total. The average molecular weight is 286 g/mol. The van der Waals surface area contributed by atoms with Crippen LogP contribution >= 0.6 is 11.8 Å². The summed E-state index contributed by atoms with van der Waals surface area (Å²) < 4.78 is 5.40. The summed E-state index contributed by atoms with van der Waals surface area (Å²) in [6.07, 6.45) is 0.852. The smallest absolute Gasteiger partial charge is 0.255 e. The van der Waals surface area contributed by atoms with Crippen molar-refractivity contribution in [2.24, 2.45) is 0 Å². The number of rotatable bonds is 2. The third-order valence-electron chi connectivity index (χ3n) is 3.44. The van der Waals surface area contributed by atoms with E-state index < -0.39 is 0 Å². The molecular formula is C14H15BN2O2S. The highest BCUT2D eigenvalue weighted by Gasteiger charge is 2.17. The van der Waals surface area contributed by atoms with Gasteiger partial charge in [0.25, 0.3) is 5.56 Å². The topological polar surface area (TPSA) is 55.0 Å². The number of nitrogens with one attached hydrogen (secondary N) is 1. The average Bonchev–Trinajstić information content (AvgIpc) is 2.47. The molecule has 0 saturated carbocycles. The zero-order valence-corrected chi connectivity index (χ0v) is 12.3. The van der Waals surface area contributed by atoms with E-state index >= 15 is 0 Å². The van der Waals surface area contributed by atoms with E-state index in [1.54, 1.807) is 18.9 Å². The van der Waals surface area contributed by atoms with E-state index in [1.165, 1.54) is 0 Å². The normalized spacial score (nSPS) is 13.8. The van der Waals surface area contributed by atoms with Crippen molar-refractivity contribution in [3.05, 3.63) is 39.8 Å². The van der Waals surface area contributed by atoms with Crippen LogP contribution in [0.5, 0.6) is 5.75 Å². The van der Waals surface area contributed by atoms with Gasteiger partial charge in [-0.3, -0.25) is 4.79 Å². The summed E-state index contributed by atoms with van der Waals surface area (Å²) in [7, 11) is 3.64. The Morgan fingerprint density at radius 3 is 3.10 bits per heavy atom. The number of nitrogens with zero attached hydrogens (tertiary/aromatic N) is 1. The molecular weight excluding hydrogens is 271 g/mol. The minimum absolute atomic E-state index is 0.0279. The van der Waals surface area contributed by atoms with Crippen molar-refractivity contribution in [2.75, 3.05) is 12.9 Å². The Kier molecular flexibility index (Phi) is 3.57. The van der Waals surface area contributed by atoms with Crippen LogP contribution in [0.2, 0.25) is 0 Å². The van der Waals surface area contributed by atoms with Crippen LogP contribution in [0.3, 0.4) is 0 Å². The molecule has 1 N–H and O–H groups in total. The molecule has 0 unspecified atom stereocenters. The van der Waals surface area contributed by atoms with Gasteiger partial charge in [-0.15, -0.1) is 0 Å². The van der Waals surface area contributed by atoms with E-state index in [2.05, 4.69) is 9.97 Å². The molecule has 0 fully saturated rings. The molecule has 0 spiro atoms. The Labute approximate surface area is 122 Å². The lowest BCUT2D eigenvalue weighted by molar-refractivity contribution is 0.416. The molecule has 1 aliphatic heterocycles. The summed E-state index contributed by atoms with van der Waals surface area (Å²) in [5, 5.41) is 0. The maximum Gasteiger partial charge on any atom is 0.255 e. The zero-order chi connectivity index (χ0) is 14.1. The standard InChI is InChI=1S/C14H15BN2O2S/c1-19-12-6-8(15)2-3-9(12)13-16-11-4-5-20-7-10(11)14(18)17-13/h2-3,6H,4-5,7,15H2,1H3,(H,16,17,18). The highest BCUT2D eigenvalue weighted by atomic mass is 32.2. The second kappa shape index (κ2) is 5.36. The van der Waals surface area contributed by atoms with Crippen LogP contribution in [0.4, 0.5) is 0 Å². The molecule has 0 aliphatic carbocycles. The van der Waals surface area contributed by atoms with Gasteiger partial charge in [-0.1, -0.05) is 11.5 Å². The molecule has 3 rings (SSSR count). The first-order valence-corrected chi connectivity index (χ1v) is 7.69. The fraction of sp³-hybridized carbons (Fsp3) is 0.286. The largest absolute Gasteiger partial charge is 0.496 e. The van der Waals surface area contributed by atoms with Crippen molar-refractivity contribution >= 4 is 25.1 Å². The van der Waals surface area contributed by atoms with Crippen molar-refractivity contribution in [1.29, 1.82) is 0 Å². The van der Waals surface area contributed by atoms with Crippen LogP contribution in [0, 0.1) is 0 Å². The predicted molar refractivity (Wildman–Crippen MR) is 84.9 cm³/mol. The summed E-state index contributed by atoms with van der Waals surface area (Å²) in [5.74, 6) is 3.10. The van der Waals surface area contributed by atoms with Crippen molar-refractivity contribution in [2.45, 2.75) is 12.2 Å². The number of hydrogen-bond donors (Lipinski definition) is 1. The number of H-pyrrole nitrogens is 1. The molecule has 20 heavy (non-hydrogen) atoms. The van der Waals surface area contributed by atoms with Crippen molar-refractivity contribution < 1.29 is 4.74 Å². The SMILES string of the molecule is Bc1ccc(-c2nc3c(c(=O)[nH]2)CSCC3)c(OC)c1. The van der Waals surface area contributed by atoms with Gasteiger partial charge in [0.05, 0.1) is 18.4 Å². The number of benzene rings is 1. The van der Waals surface area contributed by atoms with Gasteiger partial charge in [0.2, 0.25) is 0 Å². The second-order valence-electron chi connectivity index (χ2n) is 4.85. The Hall–Kier alpha value is -1.69. The molecule has 102 valence electrons. The van der Waals surface area contributed by atoms with Crippen molar-refractivity contribution in [1.82, 2.24) is 9.97 Å². The number of aryl methyl sites for hydroxylation is 1. The molecule has 2 aromatic rings. The van der Waals surface area contributed by atoms with Gasteiger partial charge in [0, 0.05) is 11.3 Å². The Morgan fingerprint density at radius 2 is 2.30 bits per heavy atom. The van der Waals surface area contributed by atoms with Crippen molar-refractivity contribution in [3.63, 3.8) is 0 Å². The van der Waals surface area contributed by atoms with Crippen LogP contribution in [-0.2, 0) is 12.2 Å². The molecule has 0 atom stereocenters. The van der Waals surface area contributed by atoms with Gasteiger partial charge >= 0.3 is 0 Å². The Balaban J connectivity index is 2.16. The van der Waals surface area contributed by atoms with E-state index in [0.717, 1.165) is 46.0 Å². The summed E-state index contributed by atoms with van der Waals surface area (Å²) in [5.41, 5.74) is 3.65. The number of methoxy groups -OCH3 is 1. The third kappa shape index (κ3) is 2.35. The first kappa shape index (κ1) is 13.3. The van der Waals surface area contributed by atoms with Crippen LogP contribution < -0.4 is 15.8 Å². The summed E-state index contributed by atoms with van der Waals surface area (Å²) in [4.78, 5) is 19.7. The number of thioether (sulfide) groups is 1. The molecule has 6 heteroatoms. The molecule has 0 amide bonds. The Morgan fingerprint density at radius 1 is 1.45 bits per heavy atom. The quantitative estimate of drug-likeness (QED) is 0.817. The lowest BCUT2D eigenvalue weighted by atomic mass is 9.94. The molecule has 0 bridgehead atoms. The van der Waals surface area contributed by atoms with Gasteiger partial charge in [-0.25, -0.2) is 4.98 Å². The fourth-order valence-corrected chi connectivity index (χ4v) is 3.35. The van der Waals surface area contributed by atoms with Crippen LogP contribution in [0.15, 0.2) is 23.0 Å². The highest BCUT2D eigenvalue weighted by Crippen LogP contribution is 2.27. The minimum atomic E-state index is -0.0279. The predicted octanol–water partition coefficient (Wildman–Crippen LogP) is 0.493. The molecule has 1 aromatic carbocycles. The molecule has 0 radical (unpaired) electrons. The fourth-order valence-electron chi connectivity index (χ4n) is 2.36. The monoisotopic (exact) mass is 286 g/mol. The number of aromatic nitrogens is 2. The molecule has 0 saturated heterocycles. The third-order valence-corrected chi connectivity index (χ3v) is 4.43. The van der Waals surface area contributed by atoms with Gasteiger partial charge in [-0.2, -0.15) is 11.8 Å². The van der Waals surface area contributed by atoms with Gasteiger partial charge in [0.15, 0.2) is 0 Å². The number of fused-ring (bicyclic) bond motifs is 1. The number of ether oxygens (including phenoxy) is 1. The molecule has 1 aliphatic rings. The zero-order valence-electron chi connectivity index (χ0n) is 11.5. The van der Waals surface area contributed by atoms with Crippen LogP contribution in [0.1, 0.15) is 11.3 Å². The Bertz CT molecular complexity index is 715. The van der Waals surface area contributed by atoms with Gasteiger partial charge in [0.1, 0.15) is 19.4 Å². The molecule has 1 aromatic heterocycles. The van der Waals surface area contributed by atoms with Crippen molar-refractivity contribution in [3.8, 4) is 17.1 Å². The summed E-state index contributed by atoms with van der Waals surface area (Å²) in [6, 6.07) is 5.88. The first-order valence-electron chi connectivity index (χ1n) is 6.54. The lowest BCUT2D eigenvalue weighted by Crippen LogP contribution is -2.21. The van der Waals surface area contributed by atoms with Gasteiger partial charge < -0.3 is 9.72 Å². The number of hydrogen-bond acceptors (Lipinski definition) is 4. The van der Waals surface area contributed by atoms with E-state index in [-0.39, 0.29) is 5.56 Å². The van der Waals surface area contributed by atoms with Gasteiger partial charge in [-0.05, 0) is 24.3 Å². The van der Waals surface area contributed by atoms with E-state index in [1.807, 2.05) is 26.0 Å². The van der Waals surface area contributed by atoms with E-state index in [0.29, 0.717) is 5.82 Å². The van der Waals surface area contributed by atoms with E-state index in [9.17, 15) is 4.79 Å². The maximum atomic E-state index is 12.2. The summed E-state index contributed by atoms with van der Waals surface area (Å²) >= 11 is 1.78. The molecule has 2 heterocycles. The highest BCUT2D eigenvalue weighted by molar-refractivity contribution is 7.98. The maximum absolute atomic E-state index is 12.2. The minimum Gasteiger partial charge on any atom is -0.496 e. The summed E-state index contributed by atoms with van der Waals surface area (Å²) in [6.45, 7) is 0. The van der Waals surface area contributed by atoms with Crippen LogP contribution in [-0.4, -0.2) is 30.7 Å². The first-order chi connectivity index (χ1) is 9.69. The lowest BCUT2D eigenvalue weighted by Gasteiger charge is -2.15. The number of aromatic amines is 1. The second-order valence-corrected chi connectivity index (χ2v) is 5.95. The van der Waals surface area contributed by atoms with Crippen LogP contribution in [0.25, 0.3) is 11.4 Å². The van der Waals surface area contributed by atoms with E-state index in [4.69, 9.17) is 4.74 Å².